The minimum absolute atomic E-state index is 0.329. The van der Waals surface area contributed by atoms with Gasteiger partial charge in [0.1, 0.15) is 5.30 Å². The van der Waals surface area contributed by atoms with Crippen LogP contribution in [0.15, 0.2) is 27.9 Å². The lowest BCUT2D eigenvalue weighted by atomic mass is 10.1. The maximum absolute atomic E-state index is 12.9. The molecule has 0 radical (unpaired) electrons. The first-order valence-corrected chi connectivity index (χ1v) is 9.42. The van der Waals surface area contributed by atoms with Crippen molar-refractivity contribution in [2.24, 2.45) is 0 Å². The Bertz CT molecular complexity index is 1010. The van der Waals surface area contributed by atoms with Gasteiger partial charge in [-0.3, -0.25) is 9.36 Å². The van der Waals surface area contributed by atoms with Gasteiger partial charge in [-0.05, 0) is 18.2 Å². The molecule has 2 aromatic rings. The van der Waals surface area contributed by atoms with Gasteiger partial charge in [0.15, 0.2) is 0 Å². The Morgan fingerprint density at radius 2 is 1.74 bits per heavy atom. The lowest BCUT2D eigenvalue weighted by molar-refractivity contribution is -0.139. The average Bonchev–Trinajstić information content (AvgIpc) is 2.32. The summed E-state index contributed by atoms with van der Waals surface area (Å²) in [6, 6.07) is 1.42. The van der Waals surface area contributed by atoms with Crippen LogP contribution in [0.5, 0.6) is 0 Å². The van der Waals surface area contributed by atoms with Crippen molar-refractivity contribution < 1.29 is 35.9 Å². The van der Waals surface area contributed by atoms with E-state index in [2.05, 4.69) is 0 Å². The number of hydrogen-bond donors (Lipinski definition) is 3. The van der Waals surface area contributed by atoms with Crippen LogP contribution in [0, 0.1) is 0 Å². The molecule has 0 atom stereocenters. The van der Waals surface area contributed by atoms with Gasteiger partial charge in [-0.25, -0.2) is 8.42 Å². The second kappa shape index (κ2) is 5.32. The second-order valence-electron chi connectivity index (χ2n) is 4.40. The van der Waals surface area contributed by atoms with E-state index < -0.39 is 49.7 Å². The van der Waals surface area contributed by atoms with Crippen LogP contribution in [-0.2, 0) is 19.8 Å². The first-order valence-electron chi connectivity index (χ1n) is 5.50. The van der Waals surface area contributed by atoms with E-state index in [9.17, 15) is 30.9 Å². The molecule has 3 N–H and O–H groups in total. The van der Waals surface area contributed by atoms with Gasteiger partial charge in [0.2, 0.25) is 0 Å². The number of H-pyrrole nitrogens is 1. The Morgan fingerprint density at radius 3 is 2.17 bits per heavy atom. The van der Waals surface area contributed by atoms with Crippen LogP contribution in [0.1, 0.15) is 5.56 Å². The summed E-state index contributed by atoms with van der Waals surface area (Å²) >= 11 is 0. The van der Waals surface area contributed by atoms with Crippen LogP contribution in [0.2, 0.25) is 0 Å². The van der Waals surface area contributed by atoms with Crippen molar-refractivity contribution in [3.8, 4) is 0 Å². The van der Waals surface area contributed by atoms with Crippen molar-refractivity contribution in [2.75, 3.05) is 0 Å². The molecule has 7 nitrogen and oxygen atoms in total. The fourth-order valence-corrected chi connectivity index (χ4v) is 3.58. The molecule has 0 unspecified atom stereocenters. The number of pyridine rings is 1. The molecule has 1 heterocycles. The maximum atomic E-state index is 12.9. The minimum Gasteiger partial charge on any atom is -0.321 e. The quantitative estimate of drug-likeness (QED) is 0.523. The maximum Gasteiger partial charge on any atom is 0.417 e. The summed E-state index contributed by atoms with van der Waals surface area (Å²) in [7, 11) is -4.83. The number of rotatable bonds is 2. The number of aromatic amines is 1. The summed E-state index contributed by atoms with van der Waals surface area (Å²) in [6.07, 6.45) is -5.08. The molecule has 1 aromatic heterocycles. The molecule has 0 saturated heterocycles. The first-order chi connectivity index (χ1) is 10.2. The van der Waals surface area contributed by atoms with E-state index in [1.165, 1.54) is 0 Å². The minimum atomic E-state index is -5.08. The van der Waals surface area contributed by atoms with Gasteiger partial charge >= 0.3 is 13.8 Å². The van der Waals surface area contributed by atoms with Crippen LogP contribution in [0.4, 0.5) is 13.2 Å². The predicted octanol–water partition coefficient (Wildman–Crippen LogP) is 1.28. The molecule has 1 aromatic carbocycles. The van der Waals surface area contributed by atoms with E-state index in [0.717, 1.165) is 0 Å². The monoisotopic (exact) mass is 391 g/mol. The number of benzene rings is 1. The Hall–Kier alpha value is -1.39. The van der Waals surface area contributed by atoms with Crippen molar-refractivity contribution >= 4 is 43.5 Å². The number of hydrogen-bond acceptors (Lipinski definition) is 4. The van der Waals surface area contributed by atoms with E-state index >= 15 is 0 Å². The van der Waals surface area contributed by atoms with Crippen molar-refractivity contribution in [3.63, 3.8) is 0 Å². The van der Waals surface area contributed by atoms with E-state index in [-0.39, 0.29) is 5.39 Å². The molecule has 0 amide bonds. The molecule has 0 fully saturated rings. The van der Waals surface area contributed by atoms with Crippen LogP contribution < -0.4 is 10.9 Å². The summed E-state index contributed by atoms with van der Waals surface area (Å²) in [5.41, 5.74) is -3.36. The highest BCUT2D eigenvalue weighted by molar-refractivity contribution is 8.13. The van der Waals surface area contributed by atoms with Crippen molar-refractivity contribution in [3.05, 3.63) is 34.1 Å². The zero-order chi connectivity index (χ0) is 17.8. The van der Waals surface area contributed by atoms with Crippen molar-refractivity contribution in [1.29, 1.82) is 0 Å². The molecule has 0 aliphatic carbocycles. The third kappa shape index (κ3) is 3.59. The van der Waals surface area contributed by atoms with E-state index in [1.54, 1.807) is 0 Å². The predicted molar refractivity (Wildman–Crippen MR) is 74.3 cm³/mol. The van der Waals surface area contributed by atoms with E-state index in [1.807, 2.05) is 4.98 Å². The van der Waals surface area contributed by atoms with Gasteiger partial charge in [-0.1, -0.05) is 0 Å². The van der Waals surface area contributed by atoms with Gasteiger partial charge in [-0.15, -0.1) is 0 Å². The average molecular weight is 392 g/mol. The molecule has 23 heavy (non-hydrogen) atoms. The highest BCUT2D eigenvalue weighted by Gasteiger charge is 2.37. The third-order valence-electron chi connectivity index (χ3n) is 2.81. The molecular formula is C10H6ClF3NO6PS. The molecule has 0 bridgehead atoms. The fourth-order valence-electron chi connectivity index (χ4n) is 1.86. The van der Waals surface area contributed by atoms with Crippen LogP contribution in [0.25, 0.3) is 10.9 Å². The number of alkyl halides is 3. The highest BCUT2D eigenvalue weighted by atomic mass is 35.7. The lowest BCUT2D eigenvalue weighted by Crippen LogP contribution is -2.27. The van der Waals surface area contributed by atoms with Gasteiger partial charge in [0, 0.05) is 21.6 Å². The van der Waals surface area contributed by atoms with Crippen molar-refractivity contribution in [1.82, 2.24) is 4.98 Å². The first kappa shape index (κ1) is 18.0. The molecule has 0 saturated carbocycles. The normalized spacial score (nSPS) is 13.5. The fraction of sp³-hybridized carbons (Fsp3) is 0.100. The standard InChI is InChI=1S/C10H6ClF3NO6PS/c11-23(20,21)8-2-4-1-7(22(17,18)19)9(16)15-6(4)3-5(8)10(12,13)14/h1-3H,(H,15,16)(H2,17,18,19). The molecule has 0 aliphatic heterocycles. The third-order valence-corrected chi connectivity index (χ3v) is 5.13. The molecular weight excluding hydrogens is 386 g/mol. The summed E-state index contributed by atoms with van der Waals surface area (Å²) < 4.78 is 72.6. The zero-order valence-corrected chi connectivity index (χ0v) is 13.1. The Balaban J connectivity index is 2.98. The molecule has 13 heteroatoms. The van der Waals surface area contributed by atoms with E-state index in [0.29, 0.717) is 18.2 Å². The van der Waals surface area contributed by atoms with Crippen LogP contribution >= 0.6 is 18.3 Å². The number of nitrogens with one attached hydrogen (secondary N) is 1. The summed E-state index contributed by atoms with van der Waals surface area (Å²) in [6.45, 7) is 0. The topological polar surface area (TPSA) is 125 Å². The number of halogens is 4. The molecule has 126 valence electrons. The van der Waals surface area contributed by atoms with Crippen LogP contribution in [0.3, 0.4) is 0 Å². The summed E-state index contributed by atoms with van der Waals surface area (Å²) in [4.78, 5) is 30.1. The Labute approximate surface area is 130 Å². The Morgan fingerprint density at radius 1 is 1.17 bits per heavy atom. The SMILES string of the molecule is O=c1[nH]c2cc(C(F)(F)F)c(S(=O)(=O)Cl)cc2cc1P(=O)(O)O. The van der Waals surface area contributed by atoms with Crippen molar-refractivity contribution in [2.45, 2.75) is 11.1 Å². The van der Waals surface area contributed by atoms with Crippen LogP contribution in [-0.4, -0.2) is 23.2 Å². The van der Waals surface area contributed by atoms with Gasteiger partial charge < -0.3 is 14.8 Å². The zero-order valence-electron chi connectivity index (χ0n) is 10.6. The summed E-state index contributed by atoms with van der Waals surface area (Å²) in [5, 5.41) is -1.35. The number of aromatic nitrogens is 1. The molecule has 2 rings (SSSR count). The lowest BCUT2D eigenvalue weighted by Gasteiger charge is -2.13. The number of fused-ring (bicyclic) bond motifs is 1. The Kier molecular flexibility index (Phi) is 4.15. The molecule has 0 spiro atoms. The van der Waals surface area contributed by atoms with E-state index in [4.69, 9.17) is 20.5 Å². The highest BCUT2D eigenvalue weighted by Crippen LogP contribution is 2.38. The van der Waals surface area contributed by atoms with Gasteiger partial charge in [-0.2, -0.15) is 13.2 Å². The summed E-state index contributed by atoms with van der Waals surface area (Å²) in [5.74, 6) is 0. The molecule has 0 aliphatic rings. The second-order valence-corrected chi connectivity index (χ2v) is 8.50. The largest absolute Gasteiger partial charge is 0.417 e. The van der Waals surface area contributed by atoms with Gasteiger partial charge in [0.05, 0.1) is 10.5 Å². The smallest absolute Gasteiger partial charge is 0.321 e. The van der Waals surface area contributed by atoms with Gasteiger partial charge in [0.25, 0.3) is 14.6 Å².